The first-order valence-electron chi connectivity index (χ1n) is 6.46. The first-order chi connectivity index (χ1) is 9.84. The Morgan fingerprint density at radius 3 is 1.60 bits per heavy atom. The van der Waals surface area contributed by atoms with E-state index < -0.39 is 8.45 Å². The van der Waals surface area contributed by atoms with Gasteiger partial charge in [0.25, 0.3) is 8.45 Å². The molecule has 0 saturated heterocycles. The van der Waals surface area contributed by atoms with Gasteiger partial charge in [-0.05, 0) is 35.0 Å². The van der Waals surface area contributed by atoms with Crippen LogP contribution in [0.4, 0.5) is 0 Å². The van der Waals surface area contributed by atoms with Crippen LogP contribution in [0.2, 0.25) is 0 Å². The number of benzene rings is 2. The van der Waals surface area contributed by atoms with Crippen LogP contribution in [-0.2, 0) is 0 Å². The minimum atomic E-state index is -1.46. The molecule has 0 aliphatic heterocycles. The van der Waals surface area contributed by atoms with Crippen molar-refractivity contribution in [2.45, 2.75) is 0 Å². The molecule has 2 heterocycles. The summed E-state index contributed by atoms with van der Waals surface area (Å²) in [7, 11) is -1.46. The average molecular weight is 280 g/mol. The lowest BCUT2D eigenvalue weighted by Crippen LogP contribution is -1.98. The SMILES string of the molecule is OP(n1ccc2ccccc21)n1ccc2ccccc21. The van der Waals surface area contributed by atoms with Gasteiger partial charge in [-0.1, -0.05) is 36.4 Å². The smallest absolute Gasteiger partial charge is 0.254 e. The molecular weight excluding hydrogens is 267 g/mol. The third-order valence-electron chi connectivity index (χ3n) is 3.54. The van der Waals surface area contributed by atoms with Crippen molar-refractivity contribution in [3.8, 4) is 0 Å². The van der Waals surface area contributed by atoms with E-state index in [9.17, 15) is 4.89 Å². The number of fused-ring (bicyclic) bond motifs is 2. The third-order valence-corrected chi connectivity index (χ3v) is 5.01. The first-order valence-corrected chi connectivity index (χ1v) is 7.66. The Kier molecular flexibility index (Phi) is 2.62. The van der Waals surface area contributed by atoms with Crippen molar-refractivity contribution in [2.24, 2.45) is 0 Å². The molecule has 1 N–H and O–H groups in total. The number of rotatable bonds is 2. The molecule has 0 radical (unpaired) electrons. The fourth-order valence-corrected chi connectivity index (χ4v) is 3.88. The van der Waals surface area contributed by atoms with Crippen molar-refractivity contribution < 1.29 is 4.89 Å². The normalized spacial score (nSPS) is 11.7. The summed E-state index contributed by atoms with van der Waals surface area (Å²) < 4.78 is 3.88. The van der Waals surface area contributed by atoms with Gasteiger partial charge in [0.1, 0.15) is 0 Å². The largest absolute Gasteiger partial charge is 0.338 e. The molecule has 0 atom stereocenters. The van der Waals surface area contributed by atoms with Crippen LogP contribution in [0.1, 0.15) is 0 Å². The molecule has 3 nitrogen and oxygen atoms in total. The maximum atomic E-state index is 10.8. The topological polar surface area (TPSA) is 30.1 Å². The third kappa shape index (κ3) is 1.68. The summed E-state index contributed by atoms with van der Waals surface area (Å²) in [4.78, 5) is 10.8. The van der Waals surface area contributed by atoms with E-state index in [2.05, 4.69) is 12.1 Å². The molecule has 0 aliphatic rings. The van der Waals surface area contributed by atoms with Gasteiger partial charge in [-0.25, -0.2) is 0 Å². The van der Waals surface area contributed by atoms with Crippen molar-refractivity contribution >= 4 is 30.3 Å². The summed E-state index contributed by atoms with van der Waals surface area (Å²) in [6.45, 7) is 0. The second-order valence-corrected chi connectivity index (χ2v) is 6.11. The number of hydrogen-bond acceptors (Lipinski definition) is 1. The zero-order valence-electron chi connectivity index (χ0n) is 10.7. The van der Waals surface area contributed by atoms with Crippen molar-refractivity contribution in [1.82, 2.24) is 8.68 Å². The number of para-hydroxylation sites is 2. The fourth-order valence-electron chi connectivity index (χ4n) is 2.55. The van der Waals surface area contributed by atoms with Crippen LogP contribution in [0, 0.1) is 0 Å². The highest BCUT2D eigenvalue weighted by Crippen LogP contribution is 2.40. The molecule has 0 unspecified atom stereocenters. The van der Waals surface area contributed by atoms with E-state index in [0.717, 1.165) is 21.8 Å². The molecule has 0 bridgehead atoms. The van der Waals surface area contributed by atoms with E-state index in [1.807, 2.05) is 69.6 Å². The molecule has 0 saturated carbocycles. The van der Waals surface area contributed by atoms with Gasteiger partial charge < -0.3 is 4.89 Å². The molecule has 4 rings (SSSR count). The first kappa shape index (κ1) is 11.7. The maximum Gasteiger partial charge on any atom is 0.254 e. The average Bonchev–Trinajstić information content (AvgIpc) is 3.11. The molecule has 20 heavy (non-hydrogen) atoms. The summed E-state index contributed by atoms with van der Waals surface area (Å²) in [6, 6.07) is 20.3. The van der Waals surface area contributed by atoms with Gasteiger partial charge in [0.15, 0.2) is 0 Å². The standard InChI is InChI=1S/C16H13N2OP/c19-20(17-11-9-13-5-1-3-7-15(13)17)18-12-10-14-6-2-4-8-16(14)18/h1-12,19H. The molecule has 2 aromatic heterocycles. The maximum absolute atomic E-state index is 10.8. The molecule has 0 amide bonds. The van der Waals surface area contributed by atoms with Gasteiger partial charge in [0.2, 0.25) is 0 Å². The Bertz CT molecular complexity index is 819. The highest BCUT2D eigenvalue weighted by atomic mass is 31.2. The highest BCUT2D eigenvalue weighted by molar-refractivity contribution is 7.48. The Morgan fingerprint density at radius 2 is 1.10 bits per heavy atom. The molecular formula is C16H13N2OP. The van der Waals surface area contributed by atoms with E-state index in [1.54, 1.807) is 0 Å². The van der Waals surface area contributed by atoms with Crippen LogP contribution in [0.3, 0.4) is 0 Å². The number of hydrogen-bond donors (Lipinski definition) is 1. The lowest BCUT2D eigenvalue weighted by atomic mass is 10.3. The van der Waals surface area contributed by atoms with Crippen molar-refractivity contribution in [3.05, 3.63) is 73.1 Å². The van der Waals surface area contributed by atoms with E-state index in [1.165, 1.54) is 0 Å². The summed E-state index contributed by atoms with van der Waals surface area (Å²) in [5, 5.41) is 2.29. The second-order valence-electron chi connectivity index (χ2n) is 4.71. The Hall–Kier alpha value is -2.09. The van der Waals surface area contributed by atoms with Gasteiger partial charge in [-0.15, -0.1) is 0 Å². The summed E-state index contributed by atoms with van der Waals surface area (Å²) in [6.07, 6.45) is 3.90. The zero-order chi connectivity index (χ0) is 13.5. The minimum absolute atomic E-state index is 1.05. The van der Waals surface area contributed by atoms with Crippen molar-refractivity contribution in [2.75, 3.05) is 0 Å². The molecule has 0 fully saturated rings. The summed E-state index contributed by atoms with van der Waals surface area (Å²) in [5.74, 6) is 0. The Labute approximate surface area is 117 Å². The molecule has 0 spiro atoms. The second kappa shape index (κ2) is 4.48. The molecule has 2 aromatic carbocycles. The van der Waals surface area contributed by atoms with Crippen LogP contribution < -0.4 is 0 Å². The summed E-state index contributed by atoms with van der Waals surface area (Å²) in [5.41, 5.74) is 2.11. The van der Waals surface area contributed by atoms with E-state index in [4.69, 9.17) is 0 Å². The molecule has 4 aromatic rings. The van der Waals surface area contributed by atoms with Crippen molar-refractivity contribution in [3.63, 3.8) is 0 Å². The molecule has 0 aliphatic carbocycles. The fraction of sp³-hybridized carbons (Fsp3) is 0. The molecule has 98 valence electrons. The van der Waals surface area contributed by atoms with Gasteiger partial charge >= 0.3 is 0 Å². The Morgan fingerprint density at radius 1 is 0.650 bits per heavy atom. The quantitative estimate of drug-likeness (QED) is 0.548. The Balaban J connectivity index is 1.90. The number of nitrogens with zero attached hydrogens (tertiary/aromatic N) is 2. The monoisotopic (exact) mass is 280 g/mol. The van der Waals surface area contributed by atoms with Crippen LogP contribution >= 0.6 is 8.45 Å². The lowest BCUT2D eigenvalue weighted by molar-refractivity contribution is 0.605. The predicted molar refractivity (Wildman–Crippen MR) is 83.8 cm³/mol. The van der Waals surface area contributed by atoms with Crippen molar-refractivity contribution in [1.29, 1.82) is 0 Å². The highest BCUT2D eigenvalue weighted by Gasteiger charge is 2.14. The van der Waals surface area contributed by atoms with E-state index in [0.29, 0.717) is 0 Å². The van der Waals surface area contributed by atoms with Gasteiger partial charge in [0, 0.05) is 12.4 Å². The predicted octanol–water partition coefficient (Wildman–Crippen LogP) is 4.21. The van der Waals surface area contributed by atoms with Gasteiger partial charge in [-0.3, -0.25) is 8.68 Å². The van der Waals surface area contributed by atoms with Crippen LogP contribution in [0.25, 0.3) is 21.8 Å². The van der Waals surface area contributed by atoms with E-state index >= 15 is 0 Å². The van der Waals surface area contributed by atoms with E-state index in [-0.39, 0.29) is 0 Å². The van der Waals surface area contributed by atoms with Crippen LogP contribution in [0.5, 0.6) is 0 Å². The van der Waals surface area contributed by atoms with Crippen LogP contribution in [-0.4, -0.2) is 13.6 Å². The van der Waals surface area contributed by atoms with Gasteiger partial charge in [-0.2, -0.15) is 0 Å². The van der Waals surface area contributed by atoms with Crippen LogP contribution in [0.15, 0.2) is 73.1 Å². The van der Waals surface area contributed by atoms with Gasteiger partial charge in [0.05, 0.1) is 11.0 Å². The number of aromatic nitrogens is 2. The molecule has 4 heteroatoms. The minimum Gasteiger partial charge on any atom is -0.338 e. The lowest BCUT2D eigenvalue weighted by Gasteiger charge is -2.15. The zero-order valence-corrected chi connectivity index (χ0v) is 11.6. The summed E-state index contributed by atoms with van der Waals surface area (Å²) >= 11 is 0.